The first-order valence-corrected chi connectivity index (χ1v) is 10.0. The molecule has 1 fully saturated rings. The number of hydrogen-bond acceptors (Lipinski definition) is 3. The first-order valence-electron chi connectivity index (χ1n) is 10.0. The van der Waals surface area contributed by atoms with Crippen LogP contribution in [-0.2, 0) is 11.3 Å². The van der Waals surface area contributed by atoms with Gasteiger partial charge < -0.3 is 4.74 Å². The lowest BCUT2D eigenvalue weighted by Crippen LogP contribution is -2.49. The highest BCUT2D eigenvalue weighted by Gasteiger charge is 2.55. The molecule has 1 saturated heterocycles. The second-order valence-corrected chi connectivity index (χ2v) is 7.23. The summed E-state index contributed by atoms with van der Waals surface area (Å²) >= 11 is 0. The summed E-state index contributed by atoms with van der Waals surface area (Å²) in [7, 11) is 0. The van der Waals surface area contributed by atoms with E-state index in [-0.39, 0.29) is 13.0 Å². The van der Waals surface area contributed by atoms with Crippen LogP contribution in [0.2, 0.25) is 0 Å². The molecule has 0 aromatic heterocycles. The van der Waals surface area contributed by atoms with E-state index in [1.54, 1.807) is 29.3 Å². The van der Waals surface area contributed by atoms with Gasteiger partial charge in [-0.1, -0.05) is 62.9 Å². The molecule has 152 valence electrons. The van der Waals surface area contributed by atoms with Crippen LogP contribution in [0, 0.1) is 0 Å². The molecule has 0 aliphatic carbocycles. The summed E-state index contributed by atoms with van der Waals surface area (Å²) in [6, 6.07) is 9.00. The third kappa shape index (κ3) is 6.83. The minimum atomic E-state index is -4.50. The lowest BCUT2D eigenvalue weighted by atomic mass is 9.95. The van der Waals surface area contributed by atoms with Gasteiger partial charge >= 0.3 is 6.18 Å². The third-order valence-electron chi connectivity index (χ3n) is 4.98. The fourth-order valence-corrected chi connectivity index (χ4v) is 3.24. The Hall–Kier alpha value is -1.56. The van der Waals surface area contributed by atoms with Crippen LogP contribution in [-0.4, -0.2) is 36.1 Å². The molecule has 6 heteroatoms. The quantitative estimate of drug-likeness (QED) is 0.348. The van der Waals surface area contributed by atoms with Crippen molar-refractivity contribution in [3.05, 3.63) is 35.9 Å². The minimum Gasteiger partial charge on any atom is -0.355 e. The first kappa shape index (κ1) is 21.7. The number of unbranched alkanes of at least 4 members (excludes halogenated alkanes) is 4. The zero-order chi connectivity index (χ0) is 19.6. The van der Waals surface area contributed by atoms with E-state index < -0.39 is 11.8 Å². The Morgan fingerprint density at radius 3 is 2.33 bits per heavy atom. The van der Waals surface area contributed by atoms with Gasteiger partial charge in [0, 0.05) is 13.1 Å². The van der Waals surface area contributed by atoms with Crippen molar-refractivity contribution in [2.75, 3.05) is 13.1 Å². The average molecular weight is 384 g/mol. The van der Waals surface area contributed by atoms with Gasteiger partial charge in [0.15, 0.2) is 0 Å². The topological polar surface area (TPSA) is 24.8 Å². The van der Waals surface area contributed by atoms with E-state index in [9.17, 15) is 13.2 Å². The van der Waals surface area contributed by atoms with Gasteiger partial charge in [0.05, 0.1) is 12.8 Å². The summed E-state index contributed by atoms with van der Waals surface area (Å²) in [4.78, 5) is 0. The van der Waals surface area contributed by atoms with Crippen LogP contribution in [0.4, 0.5) is 13.2 Å². The summed E-state index contributed by atoms with van der Waals surface area (Å²) in [6.07, 6.45) is 2.67. The standard InChI is InChI=1S/C21H31F3N2O/c1-2-3-4-5-9-14-20(21(22,23)24,18-25-26-15-10-11-16-26)27-17-19-12-7-6-8-13-19/h6-8,12-13,18H,2-5,9-11,14-17H2,1H3/b25-18+. The van der Waals surface area contributed by atoms with Crippen LogP contribution in [0.25, 0.3) is 0 Å². The molecule has 0 radical (unpaired) electrons. The van der Waals surface area contributed by atoms with E-state index in [1.807, 2.05) is 6.07 Å². The molecule has 1 aliphatic heterocycles. The molecule has 1 aliphatic rings. The van der Waals surface area contributed by atoms with Gasteiger partial charge in [-0.3, -0.25) is 5.01 Å². The predicted molar refractivity (Wildman–Crippen MR) is 103 cm³/mol. The second kappa shape index (κ2) is 10.7. The number of rotatable bonds is 11. The van der Waals surface area contributed by atoms with E-state index in [2.05, 4.69) is 12.0 Å². The van der Waals surface area contributed by atoms with Gasteiger partial charge in [-0.05, 0) is 31.2 Å². The Balaban J connectivity index is 2.12. The van der Waals surface area contributed by atoms with Crippen molar-refractivity contribution in [3.63, 3.8) is 0 Å². The van der Waals surface area contributed by atoms with Crippen molar-refractivity contribution in [2.24, 2.45) is 5.10 Å². The molecule has 0 amide bonds. The third-order valence-corrected chi connectivity index (χ3v) is 4.98. The second-order valence-electron chi connectivity index (χ2n) is 7.23. The Morgan fingerprint density at radius 1 is 1.04 bits per heavy atom. The Bertz CT molecular complexity index is 556. The van der Waals surface area contributed by atoms with Crippen molar-refractivity contribution in [3.8, 4) is 0 Å². The average Bonchev–Trinajstić information content (AvgIpc) is 3.17. The minimum absolute atomic E-state index is 0.0820. The Kier molecular flexibility index (Phi) is 8.61. The summed E-state index contributed by atoms with van der Waals surface area (Å²) in [5, 5.41) is 5.86. The lowest BCUT2D eigenvalue weighted by Gasteiger charge is -2.33. The highest BCUT2D eigenvalue weighted by Crippen LogP contribution is 2.38. The summed E-state index contributed by atoms with van der Waals surface area (Å²) in [6.45, 7) is 3.42. The molecule has 0 N–H and O–H groups in total. The molecule has 1 unspecified atom stereocenters. The zero-order valence-electron chi connectivity index (χ0n) is 16.2. The van der Waals surface area contributed by atoms with Crippen LogP contribution >= 0.6 is 0 Å². The van der Waals surface area contributed by atoms with Gasteiger partial charge in [0.2, 0.25) is 5.60 Å². The first-order chi connectivity index (χ1) is 13.0. The molecule has 0 bridgehead atoms. The normalized spacial score (nSPS) is 17.6. The molecule has 1 aromatic rings. The van der Waals surface area contributed by atoms with E-state index in [0.717, 1.165) is 50.3 Å². The summed E-state index contributed by atoms with van der Waals surface area (Å²) in [5.41, 5.74) is -1.61. The van der Waals surface area contributed by atoms with Crippen molar-refractivity contribution in [1.29, 1.82) is 0 Å². The largest absolute Gasteiger partial charge is 0.422 e. The fraction of sp³-hybridized carbons (Fsp3) is 0.667. The van der Waals surface area contributed by atoms with Crippen molar-refractivity contribution >= 4 is 6.21 Å². The molecule has 1 aromatic carbocycles. The van der Waals surface area contributed by atoms with Crippen molar-refractivity contribution in [1.82, 2.24) is 5.01 Å². The van der Waals surface area contributed by atoms with Crippen LogP contribution in [0.5, 0.6) is 0 Å². The zero-order valence-corrected chi connectivity index (χ0v) is 16.2. The Morgan fingerprint density at radius 2 is 1.70 bits per heavy atom. The molecule has 27 heavy (non-hydrogen) atoms. The van der Waals surface area contributed by atoms with Crippen LogP contribution < -0.4 is 0 Å². The van der Waals surface area contributed by atoms with Gasteiger partial charge in [0.1, 0.15) is 0 Å². The molecular weight excluding hydrogens is 353 g/mol. The Labute approximate surface area is 160 Å². The van der Waals surface area contributed by atoms with E-state index in [0.29, 0.717) is 19.5 Å². The van der Waals surface area contributed by atoms with Crippen molar-refractivity contribution < 1.29 is 17.9 Å². The van der Waals surface area contributed by atoms with Gasteiger partial charge in [-0.2, -0.15) is 18.3 Å². The van der Waals surface area contributed by atoms with Gasteiger partial charge in [-0.15, -0.1) is 0 Å². The molecule has 2 rings (SSSR count). The number of halogens is 3. The monoisotopic (exact) mass is 384 g/mol. The number of hydrazone groups is 1. The maximum Gasteiger partial charge on any atom is 0.422 e. The number of benzene rings is 1. The van der Waals surface area contributed by atoms with Crippen molar-refractivity contribution in [2.45, 2.75) is 76.7 Å². The van der Waals surface area contributed by atoms with Crippen LogP contribution in [0.15, 0.2) is 35.4 Å². The number of hydrogen-bond donors (Lipinski definition) is 0. The summed E-state index contributed by atoms with van der Waals surface area (Å²) < 4.78 is 47.8. The molecular formula is C21H31F3N2O. The highest BCUT2D eigenvalue weighted by atomic mass is 19.4. The highest BCUT2D eigenvalue weighted by molar-refractivity contribution is 5.70. The predicted octanol–water partition coefficient (Wildman–Crippen LogP) is 5.95. The molecule has 1 heterocycles. The van der Waals surface area contributed by atoms with Gasteiger partial charge in [0.25, 0.3) is 0 Å². The summed E-state index contributed by atoms with van der Waals surface area (Å²) in [5.74, 6) is 0. The van der Waals surface area contributed by atoms with E-state index in [1.165, 1.54) is 0 Å². The van der Waals surface area contributed by atoms with Crippen LogP contribution in [0.3, 0.4) is 0 Å². The molecule has 3 nitrogen and oxygen atoms in total. The van der Waals surface area contributed by atoms with Crippen LogP contribution in [0.1, 0.15) is 63.9 Å². The SMILES string of the molecule is CCCCCCCC(/C=N/N1CCCC1)(OCc1ccccc1)C(F)(F)F. The fourth-order valence-electron chi connectivity index (χ4n) is 3.24. The molecule has 1 atom stereocenters. The number of ether oxygens (including phenoxy) is 1. The van der Waals surface area contributed by atoms with E-state index in [4.69, 9.17) is 4.74 Å². The van der Waals surface area contributed by atoms with Gasteiger partial charge in [-0.25, -0.2) is 0 Å². The smallest absolute Gasteiger partial charge is 0.355 e. The number of nitrogens with zero attached hydrogens (tertiary/aromatic N) is 2. The maximum absolute atomic E-state index is 14.1. The van der Waals surface area contributed by atoms with E-state index >= 15 is 0 Å². The molecule has 0 saturated carbocycles. The number of alkyl halides is 3. The lowest BCUT2D eigenvalue weighted by molar-refractivity contribution is -0.252. The molecule has 0 spiro atoms. The maximum atomic E-state index is 14.1.